The summed E-state index contributed by atoms with van der Waals surface area (Å²) in [6.07, 6.45) is 1.97. The molecule has 0 unspecified atom stereocenters. The molecule has 0 fully saturated rings. The Morgan fingerprint density at radius 2 is 1.84 bits per heavy atom. The average molecular weight is 431 g/mol. The Morgan fingerprint density at radius 3 is 2.50 bits per heavy atom. The standard InChI is InChI=1S/C25H30N6O/c1-6-31-24-23(19(5)29-31)21(13-22(27-24)20-9-7-16(2)8-10-20)25(32)26-14-17(3)15-30-12-11-18(4)28-30/h7-13,17H,6,14-15H2,1-5H3,(H,26,32)/t17-/m0/s1. The number of hydrogen-bond donors (Lipinski definition) is 1. The second kappa shape index (κ2) is 8.94. The lowest BCUT2D eigenvalue weighted by molar-refractivity contribution is 0.0948. The summed E-state index contributed by atoms with van der Waals surface area (Å²) in [6, 6.07) is 12.1. The number of hydrogen-bond acceptors (Lipinski definition) is 4. The molecule has 0 aliphatic heterocycles. The monoisotopic (exact) mass is 430 g/mol. The van der Waals surface area contributed by atoms with Crippen LogP contribution in [0.2, 0.25) is 0 Å². The molecule has 0 saturated heterocycles. The van der Waals surface area contributed by atoms with Gasteiger partial charge < -0.3 is 5.32 Å². The topological polar surface area (TPSA) is 77.6 Å². The number of benzene rings is 1. The number of rotatable bonds is 7. The molecule has 3 aromatic heterocycles. The van der Waals surface area contributed by atoms with Gasteiger partial charge >= 0.3 is 0 Å². The van der Waals surface area contributed by atoms with Gasteiger partial charge in [-0.3, -0.25) is 9.48 Å². The van der Waals surface area contributed by atoms with Crippen molar-refractivity contribution in [1.29, 1.82) is 0 Å². The predicted octanol–water partition coefficient (Wildman–Crippen LogP) is 4.31. The van der Waals surface area contributed by atoms with Crippen molar-refractivity contribution in [1.82, 2.24) is 29.9 Å². The van der Waals surface area contributed by atoms with Gasteiger partial charge in [0.15, 0.2) is 5.65 Å². The number of carbonyl (C=O) groups is 1. The number of pyridine rings is 1. The normalized spacial score (nSPS) is 12.3. The van der Waals surface area contributed by atoms with Crippen LogP contribution in [0.25, 0.3) is 22.3 Å². The lowest BCUT2D eigenvalue weighted by atomic mass is 10.0. The van der Waals surface area contributed by atoms with Crippen LogP contribution in [0.15, 0.2) is 42.6 Å². The number of nitrogens with zero attached hydrogens (tertiary/aromatic N) is 5. The van der Waals surface area contributed by atoms with E-state index in [0.29, 0.717) is 18.7 Å². The first-order valence-corrected chi connectivity index (χ1v) is 11.1. The largest absolute Gasteiger partial charge is 0.352 e. The molecule has 0 aliphatic carbocycles. The summed E-state index contributed by atoms with van der Waals surface area (Å²) < 4.78 is 3.78. The summed E-state index contributed by atoms with van der Waals surface area (Å²) in [5.74, 6) is 0.139. The number of carbonyl (C=O) groups excluding carboxylic acids is 1. The summed E-state index contributed by atoms with van der Waals surface area (Å²) in [7, 11) is 0. The quantitative estimate of drug-likeness (QED) is 0.474. The maximum Gasteiger partial charge on any atom is 0.252 e. The predicted molar refractivity (Wildman–Crippen MR) is 127 cm³/mol. The van der Waals surface area contributed by atoms with Gasteiger partial charge in [0.1, 0.15) is 0 Å². The van der Waals surface area contributed by atoms with Crippen molar-refractivity contribution in [2.45, 2.75) is 47.7 Å². The Bertz CT molecular complexity index is 1250. The van der Waals surface area contributed by atoms with Crippen LogP contribution in [-0.2, 0) is 13.1 Å². The fourth-order valence-corrected chi connectivity index (χ4v) is 3.94. The number of fused-ring (bicyclic) bond motifs is 1. The van der Waals surface area contributed by atoms with Crippen LogP contribution < -0.4 is 5.32 Å². The fraction of sp³-hybridized carbons (Fsp3) is 0.360. The number of amides is 1. The Kier molecular flexibility index (Phi) is 6.08. The summed E-state index contributed by atoms with van der Waals surface area (Å²) in [5, 5.41) is 13.0. The number of aromatic nitrogens is 5. The van der Waals surface area contributed by atoms with Crippen molar-refractivity contribution in [2.75, 3.05) is 6.54 Å². The van der Waals surface area contributed by atoms with Gasteiger partial charge in [-0.1, -0.05) is 36.8 Å². The molecular formula is C25H30N6O. The third kappa shape index (κ3) is 4.42. The van der Waals surface area contributed by atoms with Crippen LogP contribution in [0.4, 0.5) is 0 Å². The lowest BCUT2D eigenvalue weighted by Gasteiger charge is -2.14. The maximum absolute atomic E-state index is 13.3. The van der Waals surface area contributed by atoms with E-state index in [1.54, 1.807) is 0 Å². The van der Waals surface area contributed by atoms with Gasteiger partial charge in [0.2, 0.25) is 0 Å². The highest BCUT2D eigenvalue weighted by molar-refractivity contribution is 6.07. The first-order chi connectivity index (χ1) is 15.4. The van der Waals surface area contributed by atoms with Crippen LogP contribution in [0.3, 0.4) is 0 Å². The summed E-state index contributed by atoms with van der Waals surface area (Å²) in [6.45, 7) is 12.1. The first kappa shape index (κ1) is 21.7. The molecule has 3 heterocycles. The molecule has 4 rings (SSSR count). The van der Waals surface area contributed by atoms with Gasteiger partial charge in [-0.15, -0.1) is 0 Å². The lowest BCUT2D eigenvalue weighted by Crippen LogP contribution is -2.30. The van der Waals surface area contributed by atoms with Gasteiger partial charge in [0.05, 0.1) is 28.0 Å². The van der Waals surface area contributed by atoms with Crippen molar-refractivity contribution in [3.63, 3.8) is 0 Å². The smallest absolute Gasteiger partial charge is 0.252 e. The van der Waals surface area contributed by atoms with Gasteiger partial charge in [-0.05, 0) is 45.7 Å². The third-order valence-corrected chi connectivity index (χ3v) is 5.65. The molecule has 0 bridgehead atoms. The molecule has 32 heavy (non-hydrogen) atoms. The molecular weight excluding hydrogens is 400 g/mol. The zero-order valence-electron chi connectivity index (χ0n) is 19.4. The van der Waals surface area contributed by atoms with Crippen molar-refractivity contribution in [3.8, 4) is 11.3 Å². The van der Waals surface area contributed by atoms with E-state index in [9.17, 15) is 4.79 Å². The molecule has 0 aliphatic rings. The highest BCUT2D eigenvalue weighted by Crippen LogP contribution is 2.27. The average Bonchev–Trinajstić information content (AvgIpc) is 3.34. The van der Waals surface area contributed by atoms with Crippen molar-refractivity contribution < 1.29 is 4.79 Å². The Balaban J connectivity index is 1.64. The van der Waals surface area contributed by atoms with Crippen molar-refractivity contribution in [3.05, 3.63) is 65.1 Å². The van der Waals surface area contributed by atoms with E-state index in [1.807, 2.05) is 60.6 Å². The van der Waals surface area contributed by atoms with Gasteiger partial charge in [-0.25, -0.2) is 9.67 Å². The molecule has 1 N–H and O–H groups in total. The van der Waals surface area contributed by atoms with Crippen LogP contribution in [0.1, 0.15) is 41.2 Å². The summed E-state index contributed by atoms with van der Waals surface area (Å²) in [4.78, 5) is 18.2. The van der Waals surface area contributed by atoms with E-state index in [4.69, 9.17) is 4.98 Å². The zero-order valence-corrected chi connectivity index (χ0v) is 19.4. The molecule has 0 saturated carbocycles. The van der Waals surface area contributed by atoms with E-state index in [2.05, 4.69) is 41.5 Å². The Morgan fingerprint density at radius 1 is 1.09 bits per heavy atom. The zero-order chi connectivity index (χ0) is 22.8. The van der Waals surface area contributed by atoms with Crippen LogP contribution in [0, 0.1) is 26.7 Å². The molecule has 7 heteroatoms. The number of aryl methyl sites for hydroxylation is 4. The van der Waals surface area contributed by atoms with Crippen LogP contribution in [0.5, 0.6) is 0 Å². The molecule has 4 aromatic rings. The second-order valence-corrected chi connectivity index (χ2v) is 8.52. The third-order valence-electron chi connectivity index (χ3n) is 5.65. The minimum atomic E-state index is -0.104. The summed E-state index contributed by atoms with van der Waals surface area (Å²) in [5.41, 5.74) is 6.11. The van der Waals surface area contributed by atoms with Crippen LogP contribution in [-0.4, -0.2) is 37.0 Å². The molecule has 1 aromatic carbocycles. The highest BCUT2D eigenvalue weighted by atomic mass is 16.1. The Labute approximate surface area is 188 Å². The molecule has 1 amide bonds. The van der Waals surface area contributed by atoms with Gasteiger partial charge in [0, 0.05) is 31.4 Å². The Hall–Kier alpha value is -3.48. The fourth-order valence-electron chi connectivity index (χ4n) is 3.94. The van der Waals surface area contributed by atoms with E-state index >= 15 is 0 Å². The summed E-state index contributed by atoms with van der Waals surface area (Å²) >= 11 is 0. The second-order valence-electron chi connectivity index (χ2n) is 8.52. The van der Waals surface area contributed by atoms with E-state index in [-0.39, 0.29) is 11.8 Å². The minimum Gasteiger partial charge on any atom is -0.352 e. The van der Waals surface area contributed by atoms with E-state index < -0.39 is 0 Å². The molecule has 1 atom stereocenters. The van der Waals surface area contributed by atoms with Crippen LogP contribution >= 0.6 is 0 Å². The highest BCUT2D eigenvalue weighted by Gasteiger charge is 2.20. The van der Waals surface area contributed by atoms with E-state index in [1.165, 1.54) is 5.56 Å². The maximum atomic E-state index is 13.3. The number of nitrogens with one attached hydrogen (secondary N) is 1. The first-order valence-electron chi connectivity index (χ1n) is 11.1. The van der Waals surface area contributed by atoms with Gasteiger partial charge in [-0.2, -0.15) is 10.2 Å². The molecule has 0 radical (unpaired) electrons. The SMILES string of the molecule is CCn1nc(C)c2c(C(=O)NC[C@H](C)Cn3ccc(C)n3)cc(-c3ccc(C)cc3)nc21. The van der Waals surface area contributed by atoms with E-state index in [0.717, 1.165) is 40.2 Å². The molecule has 7 nitrogen and oxygen atoms in total. The van der Waals surface area contributed by atoms with Crippen molar-refractivity contribution >= 4 is 16.9 Å². The molecule has 0 spiro atoms. The molecule has 166 valence electrons. The van der Waals surface area contributed by atoms with Crippen molar-refractivity contribution in [2.24, 2.45) is 5.92 Å². The minimum absolute atomic E-state index is 0.104. The van der Waals surface area contributed by atoms with Gasteiger partial charge in [0.25, 0.3) is 5.91 Å².